The van der Waals surface area contributed by atoms with E-state index in [2.05, 4.69) is 31.3 Å². The van der Waals surface area contributed by atoms with E-state index in [1.165, 1.54) is 0 Å². The number of aromatic nitrogens is 6. The zero-order valence-corrected chi connectivity index (χ0v) is 17.3. The first-order valence-corrected chi connectivity index (χ1v) is 9.80. The molecule has 0 spiro atoms. The third-order valence-electron chi connectivity index (χ3n) is 4.50. The Morgan fingerprint density at radius 3 is 2.67 bits per heavy atom. The van der Waals surface area contributed by atoms with Gasteiger partial charge in [-0.3, -0.25) is 4.98 Å². The first-order chi connectivity index (χ1) is 16.0. The molecule has 0 amide bonds. The van der Waals surface area contributed by atoms with Gasteiger partial charge in [-0.15, -0.1) is 5.10 Å². The molecule has 11 heteroatoms. The SMILES string of the molecule is N#Cc1cccc(-c2cc(-c3cn(Cc4cccc(COCC(=O)O)n4)nn3)nc(N)n2)c1. The molecule has 0 atom stereocenters. The zero-order valence-electron chi connectivity index (χ0n) is 17.3. The Labute approximate surface area is 188 Å². The van der Waals surface area contributed by atoms with Crippen molar-refractivity contribution >= 4 is 11.9 Å². The van der Waals surface area contributed by atoms with Crippen molar-refractivity contribution in [3.63, 3.8) is 0 Å². The van der Waals surface area contributed by atoms with Gasteiger partial charge in [0, 0.05) is 5.56 Å². The minimum Gasteiger partial charge on any atom is -0.480 e. The highest BCUT2D eigenvalue weighted by atomic mass is 16.5. The summed E-state index contributed by atoms with van der Waals surface area (Å²) in [5, 5.41) is 26.1. The monoisotopic (exact) mass is 442 g/mol. The third-order valence-corrected chi connectivity index (χ3v) is 4.50. The summed E-state index contributed by atoms with van der Waals surface area (Å²) in [6.07, 6.45) is 1.71. The zero-order chi connectivity index (χ0) is 23.2. The number of nitriles is 1. The van der Waals surface area contributed by atoms with Crippen LogP contribution >= 0.6 is 0 Å². The van der Waals surface area contributed by atoms with Gasteiger partial charge in [0.25, 0.3) is 0 Å². The summed E-state index contributed by atoms with van der Waals surface area (Å²) in [6, 6.07) is 16.3. The number of carbonyl (C=O) groups is 1. The summed E-state index contributed by atoms with van der Waals surface area (Å²) in [7, 11) is 0. The van der Waals surface area contributed by atoms with E-state index < -0.39 is 5.97 Å². The van der Waals surface area contributed by atoms with Crippen LogP contribution in [0.15, 0.2) is 54.7 Å². The van der Waals surface area contributed by atoms with Crippen LogP contribution in [0.2, 0.25) is 0 Å². The number of hydrogen-bond acceptors (Lipinski definition) is 9. The molecule has 3 heterocycles. The van der Waals surface area contributed by atoms with Gasteiger partial charge in [0.15, 0.2) is 0 Å². The van der Waals surface area contributed by atoms with Crippen LogP contribution in [-0.4, -0.2) is 47.6 Å². The third kappa shape index (κ3) is 5.52. The Kier molecular flexibility index (Phi) is 6.28. The van der Waals surface area contributed by atoms with Gasteiger partial charge in [0.05, 0.1) is 53.8 Å². The molecule has 0 bridgehead atoms. The minimum atomic E-state index is -1.03. The fourth-order valence-electron chi connectivity index (χ4n) is 3.09. The maximum atomic E-state index is 10.6. The quantitative estimate of drug-likeness (QED) is 0.411. The number of hydrogen-bond donors (Lipinski definition) is 2. The standard InChI is InChI=1S/C22H18N8O3/c23-9-14-3-1-4-15(7-14)18-8-19(27-22(24)26-18)20-11-30(29-28-20)10-16-5-2-6-17(25-16)12-33-13-21(31)32/h1-8,11H,10,12-13H2,(H,31,32)(H2,24,26,27). The van der Waals surface area contributed by atoms with Crippen molar-refractivity contribution in [3.8, 4) is 28.7 Å². The van der Waals surface area contributed by atoms with Gasteiger partial charge in [-0.1, -0.05) is 23.4 Å². The number of nitrogens with two attached hydrogens (primary N) is 1. The molecule has 0 aliphatic heterocycles. The number of benzene rings is 1. The van der Waals surface area contributed by atoms with Crippen LogP contribution in [0, 0.1) is 11.3 Å². The smallest absolute Gasteiger partial charge is 0.329 e. The molecule has 3 N–H and O–H groups in total. The average molecular weight is 442 g/mol. The lowest BCUT2D eigenvalue weighted by Crippen LogP contribution is -2.08. The summed E-state index contributed by atoms with van der Waals surface area (Å²) in [4.78, 5) is 23.6. The maximum Gasteiger partial charge on any atom is 0.329 e. The normalized spacial score (nSPS) is 10.6. The van der Waals surface area contributed by atoms with Crippen LogP contribution in [0.25, 0.3) is 22.6 Å². The van der Waals surface area contributed by atoms with Gasteiger partial charge >= 0.3 is 5.97 Å². The van der Waals surface area contributed by atoms with Crippen LogP contribution in [0.1, 0.15) is 17.0 Å². The van der Waals surface area contributed by atoms with Gasteiger partial charge < -0.3 is 15.6 Å². The number of ether oxygens (including phenoxy) is 1. The molecule has 11 nitrogen and oxygen atoms in total. The predicted octanol–water partition coefficient (Wildman–Crippen LogP) is 1.90. The second-order valence-corrected chi connectivity index (χ2v) is 7.00. The molecule has 0 aliphatic rings. The van der Waals surface area contributed by atoms with E-state index in [0.717, 1.165) is 5.56 Å². The van der Waals surface area contributed by atoms with E-state index in [4.69, 9.17) is 20.8 Å². The highest BCUT2D eigenvalue weighted by molar-refractivity contribution is 5.68. The van der Waals surface area contributed by atoms with E-state index in [9.17, 15) is 4.79 Å². The van der Waals surface area contributed by atoms with Crippen LogP contribution in [0.3, 0.4) is 0 Å². The largest absolute Gasteiger partial charge is 0.480 e. The summed E-state index contributed by atoms with van der Waals surface area (Å²) in [5.41, 5.74) is 10.0. The highest BCUT2D eigenvalue weighted by Gasteiger charge is 2.12. The first kappa shape index (κ1) is 21.5. The van der Waals surface area contributed by atoms with Crippen molar-refractivity contribution in [2.45, 2.75) is 13.2 Å². The highest BCUT2D eigenvalue weighted by Crippen LogP contribution is 2.24. The summed E-state index contributed by atoms with van der Waals surface area (Å²) >= 11 is 0. The fourth-order valence-corrected chi connectivity index (χ4v) is 3.09. The molecule has 4 aromatic rings. The molecular weight excluding hydrogens is 424 g/mol. The topological polar surface area (TPSA) is 166 Å². The van der Waals surface area contributed by atoms with Gasteiger partial charge in [-0.05, 0) is 30.3 Å². The van der Waals surface area contributed by atoms with Crippen LogP contribution in [0.5, 0.6) is 0 Å². The average Bonchev–Trinajstić information content (AvgIpc) is 3.27. The number of pyridine rings is 1. The Morgan fingerprint density at radius 1 is 1.06 bits per heavy atom. The molecule has 4 rings (SSSR count). The van der Waals surface area contributed by atoms with Gasteiger partial charge in [-0.25, -0.2) is 19.4 Å². The van der Waals surface area contributed by atoms with E-state index in [1.54, 1.807) is 41.2 Å². The molecule has 33 heavy (non-hydrogen) atoms. The Balaban J connectivity index is 1.52. The minimum absolute atomic E-state index is 0.0788. The van der Waals surface area contributed by atoms with Gasteiger partial charge in [-0.2, -0.15) is 5.26 Å². The van der Waals surface area contributed by atoms with E-state index in [1.807, 2.05) is 18.2 Å². The molecule has 0 fully saturated rings. The number of aliphatic carboxylic acids is 1. The second-order valence-electron chi connectivity index (χ2n) is 7.00. The van der Waals surface area contributed by atoms with Crippen molar-refractivity contribution in [3.05, 3.63) is 71.7 Å². The number of anilines is 1. The molecular formula is C22H18N8O3. The molecule has 0 saturated carbocycles. The number of rotatable bonds is 8. The van der Waals surface area contributed by atoms with Crippen molar-refractivity contribution in [1.29, 1.82) is 5.26 Å². The summed E-state index contributed by atoms with van der Waals surface area (Å²) in [5.74, 6) is -0.956. The lowest BCUT2D eigenvalue weighted by Gasteiger charge is -2.05. The molecule has 0 unspecified atom stereocenters. The van der Waals surface area contributed by atoms with Crippen LogP contribution < -0.4 is 5.73 Å². The second kappa shape index (κ2) is 9.63. The van der Waals surface area contributed by atoms with Crippen LogP contribution in [-0.2, 0) is 22.7 Å². The van der Waals surface area contributed by atoms with Crippen molar-refractivity contribution in [2.24, 2.45) is 0 Å². The van der Waals surface area contributed by atoms with E-state index in [0.29, 0.717) is 40.6 Å². The van der Waals surface area contributed by atoms with E-state index >= 15 is 0 Å². The lowest BCUT2D eigenvalue weighted by molar-refractivity contribution is -0.142. The Morgan fingerprint density at radius 2 is 1.85 bits per heavy atom. The number of nitrogens with zero attached hydrogens (tertiary/aromatic N) is 7. The van der Waals surface area contributed by atoms with Crippen molar-refractivity contribution in [2.75, 3.05) is 12.3 Å². The van der Waals surface area contributed by atoms with E-state index in [-0.39, 0.29) is 19.2 Å². The number of carboxylic acid groups (broad SMARTS) is 1. The van der Waals surface area contributed by atoms with Crippen molar-refractivity contribution < 1.29 is 14.6 Å². The maximum absolute atomic E-state index is 10.6. The Hall–Kier alpha value is -4.69. The van der Waals surface area contributed by atoms with Gasteiger partial charge in [0.1, 0.15) is 12.3 Å². The molecule has 1 aromatic carbocycles. The van der Waals surface area contributed by atoms with Gasteiger partial charge in [0.2, 0.25) is 5.95 Å². The summed E-state index contributed by atoms with van der Waals surface area (Å²) < 4.78 is 6.69. The van der Waals surface area contributed by atoms with Crippen molar-refractivity contribution in [1.82, 2.24) is 29.9 Å². The fraction of sp³-hybridized carbons (Fsp3) is 0.136. The molecule has 3 aromatic heterocycles. The predicted molar refractivity (Wildman–Crippen MR) is 116 cm³/mol. The number of carboxylic acids is 1. The molecule has 0 radical (unpaired) electrons. The molecule has 0 aliphatic carbocycles. The summed E-state index contributed by atoms with van der Waals surface area (Å²) in [6.45, 7) is 0.0549. The first-order valence-electron chi connectivity index (χ1n) is 9.80. The van der Waals surface area contributed by atoms with Crippen LogP contribution in [0.4, 0.5) is 5.95 Å². The number of nitrogen functional groups attached to an aromatic ring is 1. The lowest BCUT2D eigenvalue weighted by atomic mass is 10.1. The molecule has 164 valence electrons. The Bertz CT molecular complexity index is 1350. The molecule has 0 saturated heterocycles.